The van der Waals surface area contributed by atoms with E-state index in [4.69, 9.17) is 33.0 Å². The van der Waals surface area contributed by atoms with Crippen molar-refractivity contribution in [1.82, 2.24) is 0 Å². The molecule has 0 radical (unpaired) electrons. The number of anilines is 1. The molecule has 0 aliphatic heterocycles. The van der Waals surface area contributed by atoms with Gasteiger partial charge in [-0.3, -0.25) is 9.10 Å². The van der Waals surface area contributed by atoms with Crippen LogP contribution in [0.25, 0.3) is 0 Å². The average molecular weight is 404 g/mol. The SMILES string of the molecule is CCOc1ccc(S(=O)(=O)N(CC(=O)O)c2cc(Cl)cc(Cl)c2)cc1. The van der Waals surface area contributed by atoms with E-state index < -0.39 is 22.5 Å². The maximum atomic E-state index is 12.9. The lowest BCUT2D eigenvalue weighted by Gasteiger charge is -2.23. The number of carbonyl (C=O) groups is 1. The molecule has 0 fully saturated rings. The van der Waals surface area contributed by atoms with E-state index in [9.17, 15) is 13.2 Å². The minimum Gasteiger partial charge on any atom is -0.494 e. The Morgan fingerprint density at radius 1 is 1.12 bits per heavy atom. The monoisotopic (exact) mass is 403 g/mol. The second-order valence-electron chi connectivity index (χ2n) is 4.94. The van der Waals surface area contributed by atoms with Gasteiger partial charge in [0.05, 0.1) is 17.2 Å². The fraction of sp³-hybridized carbons (Fsp3) is 0.188. The van der Waals surface area contributed by atoms with Crippen molar-refractivity contribution >= 4 is 44.9 Å². The Balaban J connectivity index is 2.49. The molecule has 25 heavy (non-hydrogen) atoms. The largest absolute Gasteiger partial charge is 0.494 e. The minimum atomic E-state index is -4.13. The molecule has 0 atom stereocenters. The number of ether oxygens (including phenoxy) is 1. The molecule has 0 heterocycles. The number of hydrogen-bond acceptors (Lipinski definition) is 4. The van der Waals surface area contributed by atoms with Crippen molar-refractivity contribution in [3.8, 4) is 5.75 Å². The van der Waals surface area contributed by atoms with Crippen molar-refractivity contribution < 1.29 is 23.1 Å². The van der Waals surface area contributed by atoms with Crippen LogP contribution in [0.15, 0.2) is 47.4 Å². The van der Waals surface area contributed by atoms with Crippen molar-refractivity contribution in [2.75, 3.05) is 17.5 Å². The summed E-state index contributed by atoms with van der Waals surface area (Å²) in [5, 5.41) is 9.50. The number of sulfonamides is 1. The Morgan fingerprint density at radius 3 is 2.16 bits per heavy atom. The first-order chi connectivity index (χ1) is 11.7. The molecule has 0 amide bonds. The third-order valence-corrected chi connectivity index (χ3v) is 5.36. The normalized spacial score (nSPS) is 11.2. The Hall–Kier alpha value is -1.96. The lowest BCUT2D eigenvalue weighted by Crippen LogP contribution is -2.35. The van der Waals surface area contributed by atoms with Gasteiger partial charge in [-0.2, -0.15) is 0 Å². The van der Waals surface area contributed by atoms with E-state index in [0.29, 0.717) is 12.4 Å². The summed E-state index contributed by atoms with van der Waals surface area (Å²) in [4.78, 5) is 11.1. The molecule has 0 aliphatic rings. The van der Waals surface area contributed by atoms with Crippen molar-refractivity contribution in [2.45, 2.75) is 11.8 Å². The van der Waals surface area contributed by atoms with Gasteiger partial charge in [0.25, 0.3) is 10.0 Å². The summed E-state index contributed by atoms with van der Waals surface area (Å²) in [6.07, 6.45) is 0. The van der Waals surface area contributed by atoms with E-state index in [2.05, 4.69) is 0 Å². The van der Waals surface area contributed by atoms with Crippen molar-refractivity contribution in [2.24, 2.45) is 0 Å². The highest BCUT2D eigenvalue weighted by Crippen LogP contribution is 2.30. The fourth-order valence-electron chi connectivity index (χ4n) is 2.12. The molecule has 0 spiro atoms. The molecule has 0 unspecified atom stereocenters. The van der Waals surface area contributed by atoms with Gasteiger partial charge in [0, 0.05) is 10.0 Å². The van der Waals surface area contributed by atoms with Gasteiger partial charge in [0.2, 0.25) is 0 Å². The zero-order valence-electron chi connectivity index (χ0n) is 13.1. The quantitative estimate of drug-likeness (QED) is 0.761. The number of hydrogen-bond donors (Lipinski definition) is 1. The zero-order valence-corrected chi connectivity index (χ0v) is 15.5. The van der Waals surface area contributed by atoms with Crippen LogP contribution in [0.4, 0.5) is 5.69 Å². The maximum absolute atomic E-state index is 12.9. The Kier molecular flexibility index (Phi) is 6.16. The average Bonchev–Trinajstić information content (AvgIpc) is 2.52. The molecule has 0 saturated carbocycles. The number of carboxylic acids is 1. The second kappa shape index (κ2) is 7.95. The predicted molar refractivity (Wildman–Crippen MR) is 96.2 cm³/mol. The van der Waals surface area contributed by atoms with Gasteiger partial charge in [-0.15, -0.1) is 0 Å². The van der Waals surface area contributed by atoms with Gasteiger partial charge < -0.3 is 9.84 Å². The molecule has 2 rings (SSSR count). The number of halogens is 2. The number of nitrogens with zero attached hydrogens (tertiary/aromatic N) is 1. The fourth-order valence-corrected chi connectivity index (χ4v) is 4.04. The van der Waals surface area contributed by atoms with Crippen LogP contribution < -0.4 is 9.04 Å². The van der Waals surface area contributed by atoms with Crippen LogP contribution in [0.1, 0.15) is 6.92 Å². The Bertz CT molecular complexity index is 848. The van der Waals surface area contributed by atoms with Crippen LogP contribution in [-0.4, -0.2) is 32.6 Å². The Morgan fingerprint density at radius 2 is 1.68 bits per heavy atom. The van der Waals surface area contributed by atoms with E-state index in [-0.39, 0.29) is 20.6 Å². The van der Waals surface area contributed by atoms with Gasteiger partial charge in [-0.05, 0) is 49.4 Å². The van der Waals surface area contributed by atoms with Crippen molar-refractivity contribution in [3.05, 3.63) is 52.5 Å². The van der Waals surface area contributed by atoms with Gasteiger partial charge in [-0.1, -0.05) is 23.2 Å². The van der Waals surface area contributed by atoms with E-state index in [1.165, 1.54) is 42.5 Å². The highest BCUT2D eigenvalue weighted by atomic mass is 35.5. The topological polar surface area (TPSA) is 83.9 Å². The van der Waals surface area contributed by atoms with Crippen LogP contribution in [0, 0.1) is 0 Å². The van der Waals surface area contributed by atoms with Crippen LogP contribution >= 0.6 is 23.2 Å². The summed E-state index contributed by atoms with van der Waals surface area (Å²) in [7, 11) is -4.13. The highest BCUT2D eigenvalue weighted by molar-refractivity contribution is 7.92. The number of aliphatic carboxylic acids is 1. The summed E-state index contributed by atoms with van der Waals surface area (Å²) in [6.45, 7) is 1.48. The summed E-state index contributed by atoms with van der Waals surface area (Å²) >= 11 is 11.8. The summed E-state index contributed by atoms with van der Waals surface area (Å²) in [5.74, 6) is -0.803. The standard InChI is InChI=1S/C16H15Cl2NO5S/c1-2-24-14-3-5-15(6-4-14)25(22,23)19(10-16(20)21)13-8-11(17)7-12(18)9-13/h3-9H,2,10H2,1H3,(H,20,21). The van der Waals surface area contributed by atoms with Crippen molar-refractivity contribution in [3.63, 3.8) is 0 Å². The summed E-state index contributed by atoms with van der Waals surface area (Å²) in [6, 6.07) is 9.79. The molecule has 2 aromatic rings. The van der Waals surface area contributed by atoms with Gasteiger partial charge >= 0.3 is 5.97 Å². The molecule has 0 saturated heterocycles. The van der Waals surface area contributed by atoms with E-state index in [0.717, 1.165) is 4.31 Å². The van der Waals surface area contributed by atoms with Gasteiger partial charge in [0.15, 0.2) is 0 Å². The molecule has 9 heteroatoms. The minimum absolute atomic E-state index is 0.0637. The Labute approximate surface area is 155 Å². The van der Waals surface area contributed by atoms with Crippen LogP contribution in [0.3, 0.4) is 0 Å². The first-order valence-electron chi connectivity index (χ1n) is 7.17. The highest BCUT2D eigenvalue weighted by Gasteiger charge is 2.27. The number of rotatable bonds is 7. The molecule has 1 N–H and O–H groups in total. The van der Waals surface area contributed by atoms with E-state index >= 15 is 0 Å². The van der Waals surface area contributed by atoms with Crippen LogP contribution in [0.2, 0.25) is 10.0 Å². The lowest BCUT2D eigenvalue weighted by molar-refractivity contribution is -0.135. The number of benzene rings is 2. The first kappa shape index (κ1) is 19.4. The number of carboxylic acid groups (broad SMARTS) is 1. The van der Waals surface area contributed by atoms with Crippen molar-refractivity contribution in [1.29, 1.82) is 0 Å². The van der Waals surface area contributed by atoms with Crippen LogP contribution in [-0.2, 0) is 14.8 Å². The second-order valence-corrected chi connectivity index (χ2v) is 7.67. The molecular formula is C16H15Cl2NO5S. The first-order valence-corrected chi connectivity index (χ1v) is 9.37. The van der Waals surface area contributed by atoms with Gasteiger partial charge in [-0.25, -0.2) is 8.42 Å². The third kappa shape index (κ3) is 4.78. The smallest absolute Gasteiger partial charge is 0.324 e. The third-order valence-electron chi connectivity index (χ3n) is 3.14. The molecule has 0 aromatic heterocycles. The lowest BCUT2D eigenvalue weighted by atomic mass is 10.3. The molecule has 0 bridgehead atoms. The summed E-state index contributed by atoms with van der Waals surface area (Å²) < 4.78 is 31.8. The molecule has 6 nitrogen and oxygen atoms in total. The molecule has 0 aliphatic carbocycles. The van der Waals surface area contributed by atoms with Gasteiger partial charge in [0.1, 0.15) is 12.3 Å². The zero-order chi connectivity index (χ0) is 18.6. The van der Waals surface area contributed by atoms with E-state index in [1.54, 1.807) is 0 Å². The van der Waals surface area contributed by atoms with Crippen LogP contribution in [0.5, 0.6) is 5.75 Å². The van der Waals surface area contributed by atoms with E-state index in [1.807, 2.05) is 6.92 Å². The maximum Gasteiger partial charge on any atom is 0.324 e. The molecular weight excluding hydrogens is 389 g/mol. The molecule has 134 valence electrons. The predicted octanol–water partition coefficient (Wildman–Crippen LogP) is 3.67. The summed E-state index contributed by atoms with van der Waals surface area (Å²) in [5.41, 5.74) is 0.0637. The molecule has 2 aromatic carbocycles.